The monoisotopic (exact) mass is 352 g/mol. The van der Waals surface area contributed by atoms with Crippen LogP contribution in [0.3, 0.4) is 0 Å². The van der Waals surface area contributed by atoms with Gasteiger partial charge in [0.1, 0.15) is 5.75 Å². The van der Waals surface area contributed by atoms with E-state index in [-0.39, 0.29) is 11.5 Å². The van der Waals surface area contributed by atoms with E-state index in [1.54, 1.807) is 24.3 Å². The van der Waals surface area contributed by atoms with Crippen molar-refractivity contribution in [3.05, 3.63) is 65.2 Å². The second-order valence-electron chi connectivity index (χ2n) is 7.13. The molecule has 0 aliphatic carbocycles. The van der Waals surface area contributed by atoms with Crippen LogP contribution in [0.2, 0.25) is 0 Å². The van der Waals surface area contributed by atoms with E-state index in [2.05, 4.69) is 6.92 Å². The van der Waals surface area contributed by atoms with E-state index in [4.69, 9.17) is 0 Å². The fourth-order valence-corrected chi connectivity index (χ4v) is 3.31. The van der Waals surface area contributed by atoms with Gasteiger partial charge in [0.15, 0.2) is 5.78 Å². The molecule has 0 heterocycles. The molecule has 2 aromatic carbocycles. The standard InChI is InChI=1S/C24H32O2/c1-2-3-4-5-6-7-8-9-11-14-20-17-18-22(23(25)19-20)24(26)21-15-12-10-13-16-21/h10,12-13,15-19,25H,2-9,11,14H2,1H3. The number of ketones is 1. The zero-order valence-electron chi connectivity index (χ0n) is 16.0. The third-order valence-electron chi connectivity index (χ3n) is 4.91. The Morgan fingerprint density at radius 2 is 1.42 bits per heavy atom. The van der Waals surface area contributed by atoms with Crippen LogP contribution in [0.15, 0.2) is 48.5 Å². The Morgan fingerprint density at radius 3 is 2.04 bits per heavy atom. The van der Waals surface area contributed by atoms with Crippen molar-refractivity contribution in [1.29, 1.82) is 0 Å². The summed E-state index contributed by atoms with van der Waals surface area (Å²) in [5.41, 5.74) is 2.09. The Balaban J connectivity index is 1.73. The molecule has 2 heteroatoms. The van der Waals surface area contributed by atoms with E-state index in [0.29, 0.717) is 11.1 Å². The van der Waals surface area contributed by atoms with Gasteiger partial charge < -0.3 is 5.11 Å². The molecule has 26 heavy (non-hydrogen) atoms. The van der Waals surface area contributed by atoms with Gasteiger partial charge in [-0.05, 0) is 30.5 Å². The van der Waals surface area contributed by atoms with Crippen molar-refractivity contribution in [3.63, 3.8) is 0 Å². The fourth-order valence-electron chi connectivity index (χ4n) is 3.31. The van der Waals surface area contributed by atoms with Crippen molar-refractivity contribution in [2.24, 2.45) is 0 Å². The first kappa shape index (κ1) is 20.2. The summed E-state index contributed by atoms with van der Waals surface area (Å²) in [7, 11) is 0. The maximum absolute atomic E-state index is 12.4. The smallest absolute Gasteiger partial charge is 0.196 e. The van der Waals surface area contributed by atoms with Crippen molar-refractivity contribution in [3.8, 4) is 5.75 Å². The van der Waals surface area contributed by atoms with Crippen LogP contribution in [-0.2, 0) is 6.42 Å². The summed E-state index contributed by atoms with van der Waals surface area (Å²) in [6, 6.07) is 14.6. The number of unbranched alkanes of at least 4 members (excludes halogenated alkanes) is 8. The molecule has 0 aromatic heterocycles. The predicted molar refractivity (Wildman–Crippen MR) is 109 cm³/mol. The highest BCUT2D eigenvalue weighted by atomic mass is 16.3. The van der Waals surface area contributed by atoms with Gasteiger partial charge >= 0.3 is 0 Å². The van der Waals surface area contributed by atoms with Gasteiger partial charge in [0.2, 0.25) is 0 Å². The Labute approximate surface area is 158 Å². The summed E-state index contributed by atoms with van der Waals surface area (Å²) in [6.45, 7) is 2.25. The molecular weight excluding hydrogens is 320 g/mol. The molecule has 0 spiro atoms. The van der Waals surface area contributed by atoms with Crippen LogP contribution in [0, 0.1) is 0 Å². The highest BCUT2D eigenvalue weighted by Crippen LogP contribution is 2.23. The lowest BCUT2D eigenvalue weighted by Crippen LogP contribution is -2.02. The van der Waals surface area contributed by atoms with Crippen LogP contribution < -0.4 is 0 Å². The number of hydrogen-bond donors (Lipinski definition) is 1. The van der Waals surface area contributed by atoms with Gasteiger partial charge in [-0.1, -0.05) is 94.7 Å². The van der Waals surface area contributed by atoms with Crippen molar-refractivity contribution in [2.75, 3.05) is 0 Å². The van der Waals surface area contributed by atoms with E-state index in [1.807, 2.05) is 24.3 Å². The van der Waals surface area contributed by atoms with Crippen LogP contribution in [0.4, 0.5) is 0 Å². The van der Waals surface area contributed by atoms with Crippen LogP contribution >= 0.6 is 0 Å². The predicted octanol–water partition coefficient (Wildman–Crippen LogP) is 6.70. The van der Waals surface area contributed by atoms with E-state index < -0.39 is 0 Å². The lowest BCUT2D eigenvalue weighted by molar-refractivity contribution is 0.103. The molecule has 0 fully saturated rings. The summed E-state index contributed by atoms with van der Waals surface area (Å²) in [5.74, 6) is -0.0370. The highest BCUT2D eigenvalue weighted by molar-refractivity contribution is 6.10. The van der Waals surface area contributed by atoms with Gasteiger partial charge in [-0.15, -0.1) is 0 Å². The lowest BCUT2D eigenvalue weighted by Gasteiger charge is -2.07. The Bertz CT molecular complexity index is 661. The zero-order chi connectivity index (χ0) is 18.6. The second-order valence-corrected chi connectivity index (χ2v) is 7.13. The van der Waals surface area contributed by atoms with E-state index in [0.717, 1.165) is 18.4 Å². The van der Waals surface area contributed by atoms with E-state index >= 15 is 0 Å². The molecule has 0 atom stereocenters. The SMILES string of the molecule is CCCCCCCCCCCc1ccc(C(=O)c2ccccc2)c(O)c1. The molecule has 0 amide bonds. The van der Waals surface area contributed by atoms with Gasteiger partial charge in [-0.2, -0.15) is 0 Å². The minimum absolute atomic E-state index is 0.0901. The average Bonchev–Trinajstić information content (AvgIpc) is 2.67. The third-order valence-corrected chi connectivity index (χ3v) is 4.91. The number of aromatic hydroxyl groups is 1. The topological polar surface area (TPSA) is 37.3 Å². The van der Waals surface area contributed by atoms with Crippen molar-refractivity contribution in [2.45, 2.75) is 71.1 Å². The minimum atomic E-state index is -0.127. The van der Waals surface area contributed by atoms with Crippen LogP contribution in [-0.4, -0.2) is 10.9 Å². The number of aryl methyl sites for hydroxylation is 1. The molecule has 1 N–H and O–H groups in total. The molecule has 140 valence electrons. The molecular formula is C24H32O2. The van der Waals surface area contributed by atoms with Crippen LogP contribution in [0.25, 0.3) is 0 Å². The third kappa shape index (κ3) is 6.67. The molecule has 0 aliphatic rings. The normalized spacial score (nSPS) is 10.8. The number of hydrogen-bond acceptors (Lipinski definition) is 2. The summed E-state index contributed by atoms with van der Waals surface area (Å²) >= 11 is 0. The van der Waals surface area contributed by atoms with Gasteiger partial charge in [-0.3, -0.25) is 4.79 Å². The maximum Gasteiger partial charge on any atom is 0.196 e. The summed E-state index contributed by atoms with van der Waals surface area (Å²) < 4.78 is 0. The van der Waals surface area contributed by atoms with E-state index in [1.165, 1.54) is 51.4 Å². The average molecular weight is 353 g/mol. The summed E-state index contributed by atoms with van der Waals surface area (Å²) in [4.78, 5) is 12.4. The number of phenolic OH excluding ortho intramolecular Hbond substituents is 1. The molecule has 2 nitrogen and oxygen atoms in total. The Kier molecular flexibility index (Phi) is 8.95. The first-order valence-electron chi connectivity index (χ1n) is 10.1. The van der Waals surface area contributed by atoms with Gasteiger partial charge in [0, 0.05) is 5.56 Å². The van der Waals surface area contributed by atoms with Gasteiger partial charge in [0.05, 0.1) is 5.56 Å². The van der Waals surface area contributed by atoms with Crippen LogP contribution in [0.1, 0.15) is 86.2 Å². The number of benzene rings is 2. The van der Waals surface area contributed by atoms with Crippen molar-refractivity contribution in [1.82, 2.24) is 0 Å². The number of carbonyl (C=O) groups is 1. The van der Waals surface area contributed by atoms with Crippen LogP contribution in [0.5, 0.6) is 5.75 Å². The molecule has 0 unspecified atom stereocenters. The highest BCUT2D eigenvalue weighted by Gasteiger charge is 2.13. The fraction of sp³-hybridized carbons (Fsp3) is 0.458. The molecule has 0 saturated carbocycles. The number of rotatable bonds is 12. The summed E-state index contributed by atoms with van der Waals surface area (Å²) in [5, 5.41) is 10.2. The largest absolute Gasteiger partial charge is 0.507 e. The second kappa shape index (κ2) is 11.5. The van der Waals surface area contributed by atoms with Gasteiger partial charge in [-0.25, -0.2) is 0 Å². The first-order chi connectivity index (χ1) is 12.7. The molecule has 2 aromatic rings. The quantitative estimate of drug-likeness (QED) is 0.341. The summed E-state index contributed by atoms with van der Waals surface area (Å²) in [6.07, 6.45) is 12.7. The Morgan fingerprint density at radius 1 is 0.808 bits per heavy atom. The maximum atomic E-state index is 12.4. The van der Waals surface area contributed by atoms with E-state index in [9.17, 15) is 9.90 Å². The lowest BCUT2D eigenvalue weighted by atomic mass is 9.98. The van der Waals surface area contributed by atoms with Crippen molar-refractivity contribution < 1.29 is 9.90 Å². The number of phenols is 1. The first-order valence-corrected chi connectivity index (χ1v) is 10.1. The molecule has 0 saturated heterocycles. The van der Waals surface area contributed by atoms with Gasteiger partial charge in [0.25, 0.3) is 0 Å². The molecule has 0 radical (unpaired) electrons. The number of carbonyl (C=O) groups excluding carboxylic acids is 1. The molecule has 0 aliphatic heterocycles. The minimum Gasteiger partial charge on any atom is -0.507 e. The Hall–Kier alpha value is -2.09. The van der Waals surface area contributed by atoms with Crippen molar-refractivity contribution >= 4 is 5.78 Å². The molecule has 2 rings (SSSR count). The zero-order valence-corrected chi connectivity index (χ0v) is 16.0. The molecule has 0 bridgehead atoms.